The van der Waals surface area contributed by atoms with Gasteiger partial charge in [-0.25, -0.2) is 13.9 Å². The molecule has 0 spiro atoms. The number of carbonyl (C=O) groups is 3. The first-order valence-electron chi connectivity index (χ1n) is 11.0. The number of hydrogen-bond acceptors (Lipinski definition) is 8. The number of carboxylic acids is 1. The molecular formula is C22H26N3O7PS. The van der Waals surface area contributed by atoms with Gasteiger partial charge < -0.3 is 25.7 Å². The summed E-state index contributed by atoms with van der Waals surface area (Å²) in [6, 6.07) is 5.26. The zero-order valence-electron chi connectivity index (χ0n) is 18.6. The van der Waals surface area contributed by atoms with Gasteiger partial charge in [0.1, 0.15) is 0 Å². The van der Waals surface area contributed by atoms with E-state index in [1.807, 2.05) is 6.92 Å². The number of allylic oxidation sites excluding steroid dienone is 1. The molecule has 182 valence electrons. The Morgan fingerprint density at radius 1 is 1.35 bits per heavy atom. The van der Waals surface area contributed by atoms with Crippen LogP contribution in [-0.2, 0) is 18.7 Å². The third-order valence-corrected chi connectivity index (χ3v) is 8.68. The smallest absolute Gasteiger partial charge is 0.335 e. The molecule has 1 aromatic carbocycles. The molecule has 2 saturated heterocycles. The molecule has 6 atom stereocenters. The number of carbonyl (C=O) groups excluding carboxylic acids is 2. The van der Waals surface area contributed by atoms with E-state index in [2.05, 4.69) is 10.6 Å². The second-order valence-corrected chi connectivity index (χ2v) is 11.2. The van der Waals surface area contributed by atoms with Crippen molar-refractivity contribution in [1.29, 1.82) is 0 Å². The minimum Gasteiger partial charge on any atom is -0.478 e. The molecule has 0 saturated carbocycles. The van der Waals surface area contributed by atoms with Crippen LogP contribution in [0.15, 0.2) is 34.9 Å². The number of fused-ring (bicyclic) bond motifs is 1. The minimum absolute atomic E-state index is 0.0168. The van der Waals surface area contributed by atoms with Crippen molar-refractivity contribution < 1.29 is 33.7 Å². The predicted molar refractivity (Wildman–Crippen MR) is 125 cm³/mol. The lowest BCUT2D eigenvalue weighted by atomic mass is 9.79. The van der Waals surface area contributed by atoms with Crippen LogP contribution in [0.4, 0.5) is 5.69 Å². The van der Waals surface area contributed by atoms with Gasteiger partial charge in [-0.1, -0.05) is 13.0 Å². The summed E-state index contributed by atoms with van der Waals surface area (Å²) in [7, 11) is -2.74. The molecule has 12 heteroatoms. The van der Waals surface area contributed by atoms with Gasteiger partial charge in [-0.3, -0.25) is 9.59 Å². The number of benzene rings is 1. The maximum absolute atomic E-state index is 12.7. The van der Waals surface area contributed by atoms with Crippen LogP contribution >= 0.6 is 19.4 Å². The highest BCUT2D eigenvalue weighted by Gasteiger charge is 2.58. The number of rotatable bonds is 8. The molecule has 10 nitrogen and oxygen atoms in total. The van der Waals surface area contributed by atoms with Crippen LogP contribution in [0.1, 0.15) is 30.6 Å². The molecule has 1 aromatic rings. The Morgan fingerprint density at radius 2 is 2.09 bits per heavy atom. The summed E-state index contributed by atoms with van der Waals surface area (Å²) in [4.78, 5) is 38.8. The number of nitrogens with one attached hydrogen (secondary N) is 2. The summed E-state index contributed by atoms with van der Waals surface area (Å²) in [5, 5.41) is 25.0. The largest absolute Gasteiger partial charge is 0.478 e. The number of nitrogens with zero attached hydrogens (tertiary/aromatic N) is 1. The highest BCUT2D eigenvalue weighted by Crippen LogP contribution is 2.52. The molecule has 4 N–H and O–H groups in total. The van der Waals surface area contributed by atoms with Gasteiger partial charge in [0.15, 0.2) is 0 Å². The number of anilines is 1. The quantitative estimate of drug-likeness (QED) is 0.306. The lowest BCUT2D eigenvalue weighted by Crippen LogP contribution is -2.63. The highest BCUT2D eigenvalue weighted by molar-refractivity contribution is 8.03. The van der Waals surface area contributed by atoms with Gasteiger partial charge in [-0.15, -0.1) is 11.8 Å². The van der Waals surface area contributed by atoms with Crippen LogP contribution in [0.25, 0.3) is 0 Å². The number of amides is 2. The zero-order valence-corrected chi connectivity index (χ0v) is 20.3. The first-order chi connectivity index (χ1) is 16.1. The second-order valence-electron chi connectivity index (χ2n) is 8.87. The van der Waals surface area contributed by atoms with Gasteiger partial charge in [0.2, 0.25) is 11.8 Å². The summed E-state index contributed by atoms with van der Waals surface area (Å²) in [6.07, 6.45) is -0.565. The SMILES string of the molecule is CC(O)C1C(=O)N2C(CP(=O)=O)=C(SC3CN[C@H](C(=O)Nc4cccc(C(=O)O)c4)C3)C(C)C12. The fourth-order valence-electron chi connectivity index (χ4n) is 4.99. The van der Waals surface area contributed by atoms with Crippen LogP contribution in [0, 0.1) is 11.8 Å². The van der Waals surface area contributed by atoms with Gasteiger partial charge in [0.25, 0.3) is 0 Å². The monoisotopic (exact) mass is 507 g/mol. The number of hydrogen-bond donors (Lipinski definition) is 4. The molecule has 3 aliphatic heterocycles. The van der Waals surface area contributed by atoms with Gasteiger partial charge in [0, 0.05) is 34.0 Å². The molecule has 5 unspecified atom stereocenters. The van der Waals surface area contributed by atoms with E-state index in [1.54, 1.807) is 19.1 Å². The number of thioether (sulfide) groups is 1. The summed E-state index contributed by atoms with van der Waals surface area (Å²) in [5.74, 6) is -2.27. The Labute approximate surface area is 201 Å². The van der Waals surface area contributed by atoms with Crippen molar-refractivity contribution in [3.63, 3.8) is 0 Å². The van der Waals surface area contributed by atoms with E-state index < -0.39 is 31.7 Å². The van der Waals surface area contributed by atoms with E-state index in [9.17, 15) is 28.6 Å². The summed E-state index contributed by atoms with van der Waals surface area (Å²) < 4.78 is 23.1. The predicted octanol–water partition coefficient (Wildman–Crippen LogP) is 2.03. The Morgan fingerprint density at radius 3 is 2.74 bits per heavy atom. The maximum atomic E-state index is 12.7. The fourth-order valence-corrected chi connectivity index (χ4v) is 7.15. The first kappa shape index (κ1) is 24.7. The van der Waals surface area contributed by atoms with Crippen LogP contribution < -0.4 is 10.6 Å². The molecule has 0 aliphatic carbocycles. The van der Waals surface area contributed by atoms with E-state index in [0.29, 0.717) is 24.4 Å². The zero-order chi connectivity index (χ0) is 24.7. The average molecular weight is 508 g/mol. The van der Waals surface area contributed by atoms with Crippen molar-refractivity contribution in [1.82, 2.24) is 10.2 Å². The van der Waals surface area contributed by atoms with Crippen LogP contribution in [0.2, 0.25) is 0 Å². The topological polar surface area (TPSA) is 153 Å². The molecule has 2 fully saturated rings. The summed E-state index contributed by atoms with van der Waals surface area (Å²) in [5.41, 5.74) is 0.953. The summed E-state index contributed by atoms with van der Waals surface area (Å²) in [6.45, 7) is 4.03. The maximum Gasteiger partial charge on any atom is 0.335 e. The van der Waals surface area contributed by atoms with E-state index in [-0.39, 0.29) is 40.7 Å². The molecule has 4 rings (SSSR count). The van der Waals surface area contributed by atoms with Gasteiger partial charge >= 0.3 is 13.6 Å². The van der Waals surface area contributed by atoms with Crippen LogP contribution in [0.5, 0.6) is 0 Å². The van der Waals surface area contributed by atoms with E-state index >= 15 is 0 Å². The Hall–Kier alpha value is -2.46. The lowest BCUT2D eigenvalue weighted by molar-refractivity contribution is -0.159. The van der Waals surface area contributed by atoms with Gasteiger partial charge in [-0.05, 0) is 31.5 Å². The molecule has 0 bridgehead atoms. The van der Waals surface area contributed by atoms with E-state index in [1.165, 1.54) is 28.8 Å². The lowest BCUT2D eigenvalue weighted by Gasteiger charge is -2.47. The third kappa shape index (κ3) is 4.57. The van der Waals surface area contributed by atoms with Crippen molar-refractivity contribution >= 4 is 42.9 Å². The Kier molecular flexibility index (Phi) is 7.00. The third-order valence-electron chi connectivity index (χ3n) is 6.57. The normalized spacial score (nSPS) is 29.0. The minimum atomic E-state index is -2.74. The van der Waals surface area contributed by atoms with Crippen molar-refractivity contribution in [2.45, 2.75) is 43.7 Å². The molecule has 0 aromatic heterocycles. The van der Waals surface area contributed by atoms with Crippen molar-refractivity contribution in [3.05, 3.63) is 40.4 Å². The number of aliphatic hydroxyl groups excluding tert-OH is 1. The summed E-state index contributed by atoms with van der Waals surface area (Å²) >= 11 is 1.49. The van der Waals surface area contributed by atoms with Crippen molar-refractivity contribution in [2.24, 2.45) is 11.8 Å². The molecule has 3 aliphatic rings. The molecule has 34 heavy (non-hydrogen) atoms. The number of aromatic carboxylic acids is 1. The average Bonchev–Trinajstić information content (AvgIpc) is 3.30. The van der Waals surface area contributed by atoms with Gasteiger partial charge in [0.05, 0.1) is 35.8 Å². The highest BCUT2D eigenvalue weighted by atomic mass is 32.2. The van der Waals surface area contributed by atoms with Crippen molar-refractivity contribution in [3.8, 4) is 0 Å². The van der Waals surface area contributed by atoms with Crippen LogP contribution in [-0.4, -0.2) is 69.0 Å². The fraction of sp³-hybridized carbons (Fsp3) is 0.500. The second kappa shape index (κ2) is 9.65. The number of carboxylic acid groups (broad SMARTS) is 1. The van der Waals surface area contributed by atoms with E-state index in [0.717, 1.165) is 4.91 Å². The van der Waals surface area contributed by atoms with Crippen LogP contribution in [0.3, 0.4) is 0 Å². The molecular weight excluding hydrogens is 481 g/mol. The van der Waals surface area contributed by atoms with Gasteiger partial charge in [-0.2, -0.15) is 0 Å². The molecule has 2 amide bonds. The first-order valence-corrected chi connectivity index (χ1v) is 13.2. The number of β-lactam (4-membered cyclic amide) rings is 1. The molecule has 3 heterocycles. The Balaban J connectivity index is 1.44. The Bertz CT molecular complexity index is 1130. The van der Waals surface area contributed by atoms with Crippen molar-refractivity contribution in [2.75, 3.05) is 18.0 Å². The van der Waals surface area contributed by atoms with E-state index in [4.69, 9.17) is 5.11 Å². The standard InChI is InChI=1S/C22H26N3O7PS/c1-10-18-17(11(2)26)21(28)25(18)16(9-33(31)32)19(10)34-14-7-15(23-8-14)20(27)24-13-5-3-4-12(6-13)22(29)30/h3-6,10-11,14-15,17-18,23,26H,7-9H2,1-2H3,(H,24,27)(H,29,30)/t10?,11?,14?,15-,17?,18?/m0/s1. The molecule has 0 radical (unpaired) electrons. The number of aliphatic hydroxyl groups is 1.